The van der Waals surface area contributed by atoms with Gasteiger partial charge in [-0.3, -0.25) is 52.8 Å². The second kappa shape index (κ2) is 23.3. The van der Waals surface area contributed by atoms with Crippen LogP contribution in [-0.2, 0) is 73.4 Å². The molecule has 14 rings (SSSR count). The molecule has 7 aliphatic rings. The molecule has 90 heavy (non-hydrogen) atoms. The number of fused-ring (bicyclic) bond motifs is 10. The van der Waals surface area contributed by atoms with E-state index in [9.17, 15) is 67.8 Å². The summed E-state index contributed by atoms with van der Waals surface area (Å²) in [5.74, 6) is -0.675. The Morgan fingerprint density at radius 2 is 0.967 bits per heavy atom. The van der Waals surface area contributed by atoms with Crippen molar-refractivity contribution in [3.63, 3.8) is 0 Å². The second-order valence-corrected chi connectivity index (χ2v) is 26.3. The number of aryl methyl sites for hydroxylation is 1. The van der Waals surface area contributed by atoms with Crippen molar-refractivity contribution in [2.24, 2.45) is 10.7 Å². The lowest BCUT2D eigenvalue weighted by Crippen LogP contribution is -2.47. The summed E-state index contributed by atoms with van der Waals surface area (Å²) in [7, 11) is -21.3. The average molecular weight is 1350 g/mol. The van der Waals surface area contributed by atoms with E-state index >= 15 is 0 Å². The quantitative estimate of drug-likeness (QED) is 0.0575. The SMILES string of the molecule is Cc1ncnc2c1[nH]c[n+]2[C@@H]1O[C@@H]2COP(=O)([O-])O[C@@H]3[C@H](O)[C@@H](COP(=O)([O-])O[C@H]2[C@H]1O)O[C@H]3[n+]1c[nH]c2c1N=C(N)CC2=O.Nc1nc2c([nH]c[n+]2[C@@H]2O[C@@H]3COP(=O)([O-])OC4C(O)[C@H]([n+]5c[nH]c6c(N)ncnc65)O[C@@H]4COP(=O)([O-])OC2[C@H]3O)c(=O)[nH]1. The largest absolute Gasteiger partial charge is 0.756 e. The number of nitrogen functional groups attached to an aromatic ring is 2. The van der Waals surface area contributed by atoms with Crippen molar-refractivity contribution in [1.29, 1.82) is 0 Å². The van der Waals surface area contributed by atoms with E-state index in [0.717, 1.165) is 10.9 Å². The molecule has 4 bridgehead atoms. The molecule has 0 spiro atoms. The van der Waals surface area contributed by atoms with Crippen molar-refractivity contribution in [2.45, 2.75) is 112 Å². The zero-order chi connectivity index (χ0) is 63.7. The maximum absolute atomic E-state index is 13.1. The van der Waals surface area contributed by atoms with E-state index in [0.29, 0.717) is 16.9 Å². The van der Waals surface area contributed by atoms with Gasteiger partial charge in [-0.15, -0.1) is 0 Å². The molecule has 0 saturated carbocycles. The Morgan fingerprint density at radius 1 is 0.533 bits per heavy atom. The third kappa shape index (κ3) is 11.6. The van der Waals surface area contributed by atoms with Gasteiger partial charge in [-0.05, 0) is 6.92 Å². The molecule has 7 aliphatic heterocycles. The van der Waals surface area contributed by atoms with E-state index in [4.69, 9.17) is 72.3 Å². The van der Waals surface area contributed by atoms with Crippen LogP contribution in [0, 0.1) is 6.92 Å². The summed E-state index contributed by atoms with van der Waals surface area (Å²) in [6.45, 7) is -1.82. The van der Waals surface area contributed by atoms with Crippen LogP contribution in [-0.4, -0.2) is 182 Å². The van der Waals surface area contributed by atoms with Crippen LogP contribution < -0.4 is 60.6 Å². The van der Waals surface area contributed by atoms with Gasteiger partial charge in [0.1, 0.15) is 61.0 Å². The fraction of sp³-hybridized carbons (Fsp3) is 0.524. The Bertz CT molecular complexity index is 4260. The topological polar surface area (TPSA) is 636 Å². The first-order valence-corrected chi connectivity index (χ1v) is 32.3. The predicted molar refractivity (Wildman–Crippen MR) is 273 cm³/mol. The van der Waals surface area contributed by atoms with Gasteiger partial charge in [0.15, 0.2) is 67.3 Å². The van der Waals surface area contributed by atoms with Gasteiger partial charge in [0.25, 0.3) is 42.8 Å². The van der Waals surface area contributed by atoms with Gasteiger partial charge in [0, 0.05) is 0 Å². The molecule has 7 aromatic heterocycles. The number of aliphatic hydroxyl groups is 4. The summed E-state index contributed by atoms with van der Waals surface area (Å²) >= 11 is 0. The number of amidine groups is 1. The third-order valence-corrected chi connectivity index (χ3v) is 19.1. The molecular formula is C42H50N18O26P4. The predicted octanol–water partition coefficient (Wildman–Crippen LogP) is -8.05. The van der Waals surface area contributed by atoms with Crippen molar-refractivity contribution in [3.8, 4) is 0 Å². The molecule has 7 aromatic rings. The van der Waals surface area contributed by atoms with Gasteiger partial charge in [-0.25, -0.2) is 23.3 Å². The summed E-state index contributed by atoms with van der Waals surface area (Å²) in [4.78, 5) is 115. The smallest absolute Gasteiger partial charge is 0.313 e. The zero-order valence-electron chi connectivity index (χ0n) is 45.5. The molecular weight excluding hydrogens is 1300 g/mol. The number of aromatic amines is 5. The number of carbonyl (C=O) groups is 1. The first-order valence-electron chi connectivity index (χ1n) is 26.5. The number of Topliss-reactive ketones (excluding diaryl/α,β-unsaturated/α-hetero) is 1. The maximum atomic E-state index is 13.1. The van der Waals surface area contributed by atoms with Crippen LogP contribution in [0.25, 0.3) is 33.5 Å². The number of aliphatic imine (C=N–C) groups is 1. The number of nitrogens with one attached hydrogen (secondary N) is 5. The summed E-state index contributed by atoms with van der Waals surface area (Å²) < 4.78 is 121. The van der Waals surface area contributed by atoms with E-state index < -0.39 is 167 Å². The molecule has 0 radical (unpaired) electrons. The van der Waals surface area contributed by atoms with E-state index in [1.165, 1.54) is 45.3 Å². The number of aromatic nitrogens is 14. The number of carbonyl (C=O) groups excluding carboxylic acids is 1. The number of ether oxygens (including phenoxy) is 4. The molecule has 48 heteroatoms. The lowest BCUT2D eigenvalue weighted by molar-refractivity contribution is -0.753. The highest BCUT2D eigenvalue weighted by molar-refractivity contribution is 7.46. The lowest BCUT2D eigenvalue weighted by atomic mass is 10.1. The lowest BCUT2D eigenvalue weighted by Gasteiger charge is -2.31. The van der Waals surface area contributed by atoms with E-state index in [-0.39, 0.29) is 57.9 Å². The minimum Gasteiger partial charge on any atom is -0.756 e. The second-order valence-electron chi connectivity index (χ2n) is 20.9. The molecule has 0 aliphatic carbocycles. The highest BCUT2D eigenvalue weighted by atomic mass is 31.2. The zero-order valence-corrected chi connectivity index (χ0v) is 49.1. The molecule has 6 saturated heterocycles. The molecule has 20 atom stereocenters. The van der Waals surface area contributed by atoms with Crippen molar-refractivity contribution in [2.75, 3.05) is 37.9 Å². The van der Waals surface area contributed by atoms with Crippen molar-refractivity contribution < 1.29 is 136 Å². The molecule has 15 N–H and O–H groups in total. The molecule has 0 aromatic carbocycles. The number of hydrogen-bond acceptors (Lipinski definition) is 35. The minimum absolute atomic E-state index is 0.0267. The molecule has 44 nitrogen and oxygen atoms in total. The van der Waals surface area contributed by atoms with Crippen LogP contribution in [0.5, 0.6) is 0 Å². The Balaban J connectivity index is 0.000000165. The molecule has 7 unspecified atom stereocenters. The fourth-order valence-corrected chi connectivity index (χ4v) is 14.8. The first kappa shape index (κ1) is 62.3. The van der Waals surface area contributed by atoms with Crippen molar-refractivity contribution in [3.05, 3.63) is 59.7 Å². The number of phosphoric ester groups is 4. The monoisotopic (exact) mass is 1350 g/mol. The Morgan fingerprint density at radius 3 is 1.51 bits per heavy atom. The van der Waals surface area contributed by atoms with Gasteiger partial charge in [-0.2, -0.15) is 4.98 Å². The van der Waals surface area contributed by atoms with E-state index in [2.05, 4.69) is 54.8 Å². The standard InChI is InChI=1S/C22H26N8O13P2.C20H24N10O13P2/c1-8-13-19(25-5-24-8)29(6-26-13)21-16(33)17-11(41-21)4-39-45(36,37)43-18-15(32)10(3-38-44(34,35)42-17)40-22(18)30-7-27-14-9(31)2-12(23)28-20(14)30;21-14-8-15(24-3-23-14)29(4-25-8)18-11(32)12-7(41-18)2-39-45(36,37)43-13-10(31)6(1-38-44(34,35)42-12)40-19(13)30-5-26-9-16(30)27-20(22)28-17(9)33/h5-7,10-11,15-18,21-22,32-33H,2-4H2,1H3,(H4,23,28,31,34,35,36,37);3-7,10-13,18-19,31-32H,1-2H2,(H7,21,22,23,24,27,28,33,34,35,36,37)/t10-,11-,15-,16-,17-,18-,21-,22-;6-,7-,10+,11?,12?,13?,18-,19-/m11/s1. The number of ketones is 1. The number of H-pyrrole nitrogens is 5. The number of nitrogens with zero attached hydrogens (tertiary/aromatic N) is 10. The summed E-state index contributed by atoms with van der Waals surface area (Å²) in [5, 5.41) is 44.2. The number of hydrogen-bond donors (Lipinski definition) is 12. The average Bonchev–Trinajstić information content (AvgIpc) is 2.44. The Labute approximate surface area is 498 Å². The third-order valence-electron chi connectivity index (χ3n) is 15.2. The fourth-order valence-electron chi connectivity index (χ4n) is 11.0. The number of aliphatic hydroxyl groups excluding tert-OH is 4. The van der Waals surface area contributed by atoms with Gasteiger partial charge in [-0.1, -0.05) is 19.9 Å². The Hall–Kier alpha value is -6.48. The van der Waals surface area contributed by atoms with Crippen LogP contribution in [0.1, 0.15) is 47.5 Å². The normalized spacial score (nSPS) is 38.4. The highest BCUT2D eigenvalue weighted by Crippen LogP contribution is 2.52. The first-order chi connectivity index (χ1) is 42.6. The highest BCUT2D eigenvalue weighted by Gasteiger charge is 2.56. The van der Waals surface area contributed by atoms with Crippen molar-refractivity contribution in [1.82, 2.24) is 49.8 Å². The molecule has 0 amide bonds. The summed E-state index contributed by atoms with van der Waals surface area (Å²) in [6.07, 6.45) is -18.4. The molecule has 14 heterocycles. The number of imidazole rings is 4. The number of phosphoric acid groups is 4. The van der Waals surface area contributed by atoms with Crippen LogP contribution in [0.15, 0.2) is 47.8 Å². The molecule has 6 fully saturated rings. The number of rotatable bonds is 4. The van der Waals surface area contributed by atoms with E-state index in [1.807, 2.05) is 0 Å². The molecule has 484 valence electrons. The van der Waals surface area contributed by atoms with Crippen molar-refractivity contribution >= 4 is 94.0 Å². The Kier molecular flexibility index (Phi) is 16.1. The van der Waals surface area contributed by atoms with Gasteiger partial charge in [0.05, 0.1) is 38.5 Å². The van der Waals surface area contributed by atoms with Crippen LogP contribution in [0.3, 0.4) is 0 Å². The van der Waals surface area contributed by atoms with Gasteiger partial charge in [0.2, 0.25) is 47.4 Å². The van der Waals surface area contributed by atoms with Gasteiger partial charge < -0.3 is 112 Å². The number of nitrogens with two attached hydrogens (primary N) is 3. The van der Waals surface area contributed by atoms with Crippen LogP contribution in [0.4, 0.5) is 17.6 Å². The maximum Gasteiger partial charge on any atom is 0.313 e. The summed E-state index contributed by atoms with van der Waals surface area (Å²) in [6, 6.07) is 0. The van der Waals surface area contributed by atoms with Crippen LogP contribution in [0.2, 0.25) is 0 Å². The summed E-state index contributed by atoms with van der Waals surface area (Å²) in [5.41, 5.74) is 18.3. The van der Waals surface area contributed by atoms with Crippen LogP contribution >= 0.6 is 31.3 Å². The minimum atomic E-state index is -5.36. The van der Waals surface area contributed by atoms with E-state index in [1.54, 1.807) is 6.92 Å². The number of anilines is 2. The van der Waals surface area contributed by atoms with Gasteiger partial charge >= 0.3 is 22.8 Å².